The van der Waals surface area contributed by atoms with Gasteiger partial charge in [-0.2, -0.15) is 0 Å². The van der Waals surface area contributed by atoms with Gasteiger partial charge < -0.3 is 9.64 Å². The lowest BCUT2D eigenvalue weighted by Crippen LogP contribution is -2.44. The van der Waals surface area contributed by atoms with Crippen LogP contribution in [0.25, 0.3) is 0 Å². The highest BCUT2D eigenvalue weighted by Gasteiger charge is 2.42. The van der Waals surface area contributed by atoms with E-state index in [4.69, 9.17) is 4.74 Å². The van der Waals surface area contributed by atoms with Gasteiger partial charge in [-0.15, -0.1) is 0 Å². The number of amides is 1. The molecule has 1 aromatic rings. The molecule has 0 saturated heterocycles. The van der Waals surface area contributed by atoms with E-state index in [1.807, 2.05) is 37.9 Å². The number of pyridine rings is 1. The molecule has 2 heterocycles. The van der Waals surface area contributed by atoms with Crippen molar-refractivity contribution in [1.82, 2.24) is 9.88 Å². The molecule has 4 nitrogen and oxygen atoms in total. The lowest BCUT2D eigenvalue weighted by Gasteiger charge is -2.37. The van der Waals surface area contributed by atoms with Crippen molar-refractivity contribution in [2.24, 2.45) is 5.92 Å². The summed E-state index contributed by atoms with van der Waals surface area (Å²) in [5, 5.41) is 0. The SMILES string of the molecule is CC(C)(C)OC(=O)N1CCc2ncccc2C1C1CC1. The molecule has 0 spiro atoms. The van der Waals surface area contributed by atoms with Gasteiger partial charge in [-0.3, -0.25) is 4.98 Å². The summed E-state index contributed by atoms with van der Waals surface area (Å²) in [6.07, 6.45) is 4.85. The summed E-state index contributed by atoms with van der Waals surface area (Å²) in [4.78, 5) is 18.8. The van der Waals surface area contributed by atoms with Crippen LogP contribution in [0, 0.1) is 5.92 Å². The van der Waals surface area contributed by atoms with Gasteiger partial charge in [0, 0.05) is 24.9 Å². The van der Waals surface area contributed by atoms with Crippen molar-refractivity contribution in [3.8, 4) is 0 Å². The van der Waals surface area contributed by atoms with E-state index in [0.717, 1.165) is 12.1 Å². The predicted molar refractivity (Wildman–Crippen MR) is 76.3 cm³/mol. The molecule has 3 rings (SSSR count). The third-order valence-electron chi connectivity index (χ3n) is 3.87. The van der Waals surface area contributed by atoms with Gasteiger partial charge in [0.15, 0.2) is 0 Å². The highest BCUT2D eigenvalue weighted by Crippen LogP contribution is 2.47. The molecule has 0 N–H and O–H groups in total. The van der Waals surface area contributed by atoms with Gasteiger partial charge in [-0.05, 0) is 51.2 Å². The van der Waals surface area contributed by atoms with Crippen LogP contribution in [0.2, 0.25) is 0 Å². The second kappa shape index (κ2) is 4.76. The van der Waals surface area contributed by atoms with Crippen LogP contribution < -0.4 is 0 Å². The number of carbonyl (C=O) groups excluding carboxylic acids is 1. The lowest BCUT2D eigenvalue weighted by atomic mass is 9.94. The summed E-state index contributed by atoms with van der Waals surface area (Å²) in [6.45, 7) is 6.45. The van der Waals surface area contributed by atoms with E-state index in [0.29, 0.717) is 12.5 Å². The fraction of sp³-hybridized carbons (Fsp3) is 0.625. The number of aromatic nitrogens is 1. The standard InChI is InChI=1S/C16H22N2O2/c1-16(2,3)20-15(19)18-10-8-13-12(5-4-9-17-13)14(18)11-6-7-11/h4-5,9,11,14H,6-8,10H2,1-3H3. The molecule has 1 aliphatic carbocycles. The van der Waals surface area contributed by atoms with E-state index in [-0.39, 0.29) is 12.1 Å². The van der Waals surface area contributed by atoms with Crippen molar-refractivity contribution >= 4 is 6.09 Å². The van der Waals surface area contributed by atoms with Gasteiger partial charge in [0.05, 0.1) is 6.04 Å². The Balaban J connectivity index is 1.87. The molecule has 1 amide bonds. The molecule has 1 atom stereocenters. The first-order valence-electron chi connectivity index (χ1n) is 7.39. The van der Waals surface area contributed by atoms with Gasteiger partial charge in [-0.1, -0.05) is 6.07 Å². The van der Waals surface area contributed by atoms with Crippen LogP contribution >= 0.6 is 0 Å². The first-order valence-corrected chi connectivity index (χ1v) is 7.39. The quantitative estimate of drug-likeness (QED) is 0.789. The predicted octanol–water partition coefficient (Wildman–Crippen LogP) is 3.33. The molecule has 0 bridgehead atoms. The first-order chi connectivity index (χ1) is 9.46. The Morgan fingerprint density at radius 1 is 1.40 bits per heavy atom. The summed E-state index contributed by atoms with van der Waals surface area (Å²) in [7, 11) is 0. The average Bonchev–Trinajstić information content (AvgIpc) is 3.19. The summed E-state index contributed by atoms with van der Waals surface area (Å²) >= 11 is 0. The zero-order chi connectivity index (χ0) is 14.3. The molecule has 0 radical (unpaired) electrons. The molecule has 108 valence electrons. The van der Waals surface area contributed by atoms with E-state index < -0.39 is 5.60 Å². The molecule has 2 aliphatic rings. The van der Waals surface area contributed by atoms with Crippen LogP contribution in [0.3, 0.4) is 0 Å². The second-order valence-corrected chi connectivity index (χ2v) is 6.75. The zero-order valence-corrected chi connectivity index (χ0v) is 12.4. The maximum atomic E-state index is 12.4. The normalized spacial score (nSPS) is 22.4. The number of carbonyl (C=O) groups is 1. The third kappa shape index (κ3) is 2.65. The number of fused-ring (bicyclic) bond motifs is 1. The molecule has 1 fully saturated rings. The van der Waals surface area contributed by atoms with Crippen LogP contribution in [0.4, 0.5) is 4.79 Å². The monoisotopic (exact) mass is 274 g/mol. The zero-order valence-electron chi connectivity index (χ0n) is 12.4. The van der Waals surface area contributed by atoms with Crippen molar-refractivity contribution in [1.29, 1.82) is 0 Å². The van der Waals surface area contributed by atoms with Crippen molar-refractivity contribution in [3.05, 3.63) is 29.6 Å². The molecule has 1 saturated carbocycles. The van der Waals surface area contributed by atoms with Crippen LogP contribution in [0.5, 0.6) is 0 Å². The largest absolute Gasteiger partial charge is 0.444 e. The van der Waals surface area contributed by atoms with Crippen molar-refractivity contribution in [2.75, 3.05) is 6.54 Å². The maximum Gasteiger partial charge on any atom is 0.410 e. The molecule has 1 unspecified atom stereocenters. The van der Waals surface area contributed by atoms with Gasteiger partial charge >= 0.3 is 6.09 Å². The molecule has 20 heavy (non-hydrogen) atoms. The van der Waals surface area contributed by atoms with Crippen LogP contribution in [0.1, 0.15) is 50.9 Å². The molecule has 1 aliphatic heterocycles. The topological polar surface area (TPSA) is 42.4 Å². The Labute approximate surface area is 120 Å². The second-order valence-electron chi connectivity index (χ2n) is 6.75. The summed E-state index contributed by atoms with van der Waals surface area (Å²) < 4.78 is 5.57. The Hall–Kier alpha value is -1.58. The molecule has 1 aromatic heterocycles. The minimum atomic E-state index is -0.444. The minimum absolute atomic E-state index is 0.155. The number of hydrogen-bond acceptors (Lipinski definition) is 3. The molecule has 4 heteroatoms. The summed E-state index contributed by atoms with van der Waals surface area (Å²) in [6, 6.07) is 4.23. The molecular weight excluding hydrogens is 252 g/mol. The van der Waals surface area contributed by atoms with E-state index in [1.165, 1.54) is 18.4 Å². The molecular formula is C16H22N2O2. The maximum absolute atomic E-state index is 12.4. The van der Waals surface area contributed by atoms with Crippen LogP contribution in [0.15, 0.2) is 18.3 Å². The Morgan fingerprint density at radius 2 is 2.15 bits per heavy atom. The number of hydrogen-bond donors (Lipinski definition) is 0. The summed E-state index contributed by atoms with van der Waals surface area (Å²) in [5.41, 5.74) is 1.91. The number of ether oxygens (including phenoxy) is 1. The first kappa shape index (κ1) is 13.4. The van der Waals surface area contributed by atoms with Crippen molar-refractivity contribution in [2.45, 2.75) is 51.7 Å². The summed E-state index contributed by atoms with van der Waals surface area (Å²) in [5.74, 6) is 0.575. The Kier molecular flexibility index (Phi) is 3.19. The fourth-order valence-electron chi connectivity index (χ4n) is 2.91. The fourth-order valence-corrected chi connectivity index (χ4v) is 2.91. The van der Waals surface area contributed by atoms with Gasteiger partial charge in [0.1, 0.15) is 5.60 Å². The van der Waals surface area contributed by atoms with Crippen molar-refractivity contribution < 1.29 is 9.53 Å². The van der Waals surface area contributed by atoms with E-state index >= 15 is 0 Å². The number of rotatable bonds is 1. The highest BCUT2D eigenvalue weighted by atomic mass is 16.6. The number of nitrogens with zero attached hydrogens (tertiary/aromatic N) is 2. The lowest BCUT2D eigenvalue weighted by molar-refractivity contribution is 0.0115. The van der Waals surface area contributed by atoms with Crippen molar-refractivity contribution in [3.63, 3.8) is 0 Å². The Bertz CT molecular complexity index is 517. The van der Waals surface area contributed by atoms with E-state index in [2.05, 4.69) is 11.1 Å². The van der Waals surface area contributed by atoms with E-state index in [9.17, 15) is 4.79 Å². The smallest absolute Gasteiger partial charge is 0.410 e. The van der Waals surface area contributed by atoms with Gasteiger partial charge in [0.25, 0.3) is 0 Å². The Morgan fingerprint density at radius 3 is 2.80 bits per heavy atom. The van der Waals surface area contributed by atoms with E-state index in [1.54, 1.807) is 0 Å². The average molecular weight is 274 g/mol. The highest BCUT2D eigenvalue weighted by molar-refractivity contribution is 5.69. The minimum Gasteiger partial charge on any atom is -0.444 e. The van der Waals surface area contributed by atoms with Crippen LogP contribution in [-0.2, 0) is 11.2 Å². The van der Waals surface area contributed by atoms with Crippen LogP contribution in [-0.4, -0.2) is 28.1 Å². The van der Waals surface area contributed by atoms with Gasteiger partial charge in [0.2, 0.25) is 0 Å². The third-order valence-corrected chi connectivity index (χ3v) is 3.87. The van der Waals surface area contributed by atoms with Gasteiger partial charge in [-0.25, -0.2) is 4.79 Å². The molecule has 0 aromatic carbocycles.